The summed E-state index contributed by atoms with van der Waals surface area (Å²) < 4.78 is 31.9. The molecule has 20 heavy (non-hydrogen) atoms. The van der Waals surface area contributed by atoms with E-state index < -0.39 is 10.0 Å². The van der Waals surface area contributed by atoms with Gasteiger partial charge < -0.3 is 4.74 Å². The Kier molecular flexibility index (Phi) is 4.53. The van der Waals surface area contributed by atoms with Gasteiger partial charge in [-0.1, -0.05) is 0 Å². The number of sulfonamides is 1. The fourth-order valence-electron chi connectivity index (χ4n) is 1.87. The van der Waals surface area contributed by atoms with E-state index in [-0.39, 0.29) is 16.3 Å². The zero-order chi connectivity index (χ0) is 14.6. The molecule has 0 unspecified atom stereocenters. The van der Waals surface area contributed by atoms with Crippen molar-refractivity contribution in [3.05, 3.63) is 12.4 Å². The van der Waals surface area contributed by atoms with Gasteiger partial charge in [0, 0.05) is 20.3 Å². The Labute approximate surface area is 118 Å². The summed E-state index contributed by atoms with van der Waals surface area (Å²) in [4.78, 5) is 7.60. The molecule has 1 heterocycles. The third kappa shape index (κ3) is 3.63. The van der Waals surface area contributed by atoms with Gasteiger partial charge in [-0.15, -0.1) is 0 Å². The highest BCUT2D eigenvalue weighted by Crippen LogP contribution is 2.48. The Morgan fingerprint density at radius 3 is 2.55 bits per heavy atom. The zero-order valence-electron chi connectivity index (χ0n) is 11.3. The highest BCUT2D eigenvalue weighted by Gasteiger charge is 2.42. The number of rotatable bonds is 8. The first-order valence-corrected chi connectivity index (χ1v) is 7.77. The van der Waals surface area contributed by atoms with E-state index in [1.54, 1.807) is 7.11 Å². The van der Waals surface area contributed by atoms with Crippen molar-refractivity contribution in [2.24, 2.45) is 11.3 Å². The van der Waals surface area contributed by atoms with Crippen molar-refractivity contribution in [2.75, 3.05) is 25.7 Å². The number of anilines is 1. The highest BCUT2D eigenvalue weighted by atomic mass is 32.2. The molecule has 0 bridgehead atoms. The largest absolute Gasteiger partial charge is 0.385 e. The number of nitrogens with two attached hydrogens (primary N) is 1. The molecule has 8 nitrogen and oxygen atoms in total. The van der Waals surface area contributed by atoms with Crippen molar-refractivity contribution in [3.63, 3.8) is 0 Å². The quantitative estimate of drug-likeness (QED) is 0.451. The van der Waals surface area contributed by atoms with Gasteiger partial charge in [-0.2, -0.15) is 0 Å². The van der Waals surface area contributed by atoms with Crippen molar-refractivity contribution in [2.45, 2.75) is 24.2 Å². The molecule has 0 aliphatic heterocycles. The third-order valence-corrected chi connectivity index (χ3v) is 4.85. The molecule has 1 aliphatic rings. The van der Waals surface area contributed by atoms with Crippen molar-refractivity contribution >= 4 is 16.0 Å². The molecule has 112 valence electrons. The second-order valence-electron chi connectivity index (χ2n) is 4.95. The Morgan fingerprint density at radius 1 is 1.40 bits per heavy atom. The average molecular weight is 301 g/mol. The van der Waals surface area contributed by atoms with Gasteiger partial charge in [-0.25, -0.2) is 29.0 Å². The highest BCUT2D eigenvalue weighted by molar-refractivity contribution is 7.89. The molecular formula is C11H19N5O3S. The molecule has 2 rings (SSSR count). The number of hydrazine groups is 1. The predicted octanol–water partition coefficient (Wildman–Crippen LogP) is -0.143. The predicted molar refractivity (Wildman–Crippen MR) is 73.2 cm³/mol. The number of hydrogen-bond acceptors (Lipinski definition) is 7. The van der Waals surface area contributed by atoms with Gasteiger partial charge in [0.2, 0.25) is 16.0 Å². The van der Waals surface area contributed by atoms with Gasteiger partial charge in [0.05, 0.1) is 12.4 Å². The topological polar surface area (TPSA) is 119 Å². The first-order chi connectivity index (χ1) is 9.51. The molecule has 0 amide bonds. The second-order valence-corrected chi connectivity index (χ2v) is 6.72. The maximum absolute atomic E-state index is 12.1. The van der Waals surface area contributed by atoms with E-state index in [4.69, 9.17) is 10.6 Å². The summed E-state index contributed by atoms with van der Waals surface area (Å²) in [6.07, 6.45) is 5.34. The summed E-state index contributed by atoms with van der Waals surface area (Å²) in [5.74, 6) is 5.30. The zero-order valence-corrected chi connectivity index (χ0v) is 12.1. The van der Waals surface area contributed by atoms with E-state index in [1.807, 2.05) is 0 Å². The summed E-state index contributed by atoms with van der Waals surface area (Å²) in [5, 5.41) is 0. The molecule has 1 fully saturated rings. The van der Waals surface area contributed by atoms with E-state index in [0.29, 0.717) is 13.2 Å². The van der Waals surface area contributed by atoms with Gasteiger partial charge >= 0.3 is 0 Å². The van der Waals surface area contributed by atoms with Gasteiger partial charge in [0.15, 0.2) is 0 Å². The molecule has 1 aliphatic carbocycles. The van der Waals surface area contributed by atoms with Crippen molar-refractivity contribution in [3.8, 4) is 0 Å². The molecule has 4 N–H and O–H groups in total. The maximum Gasteiger partial charge on any atom is 0.243 e. The van der Waals surface area contributed by atoms with Crippen LogP contribution in [0.15, 0.2) is 17.3 Å². The molecular weight excluding hydrogens is 282 g/mol. The number of ether oxygens (including phenoxy) is 1. The van der Waals surface area contributed by atoms with E-state index in [2.05, 4.69) is 20.1 Å². The molecule has 0 radical (unpaired) electrons. The fraction of sp³-hybridized carbons (Fsp3) is 0.636. The lowest BCUT2D eigenvalue weighted by Gasteiger charge is -2.15. The van der Waals surface area contributed by atoms with Crippen molar-refractivity contribution in [1.82, 2.24) is 14.7 Å². The SMILES string of the molecule is COCCC1(CNS(=O)(=O)c2cnc(NN)nc2)CC1. The van der Waals surface area contributed by atoms with Crippen LogP contribution in [0.4, 0.5) is 5.95 Å². The van der Waals surface area contributed by atoms with Crippen LogP contribution in [0.1, 0.15) is 19.3 Å². The lowest BCUT2D eigenvalue weighted by atomic mass is 10.0. The van der Waals surface area contributed by atoms with Gasteiger partial charge in [0.25, 0.3) is 0 Å². The first kappa shape index (κ1) is 15.1. The van der Waals surface area contributed by atoms with Crippen LogP contribution in [0.3, 0.4) is 0 Å². The van der Waals surface area contributed by atoms with E-state index >= 15 is 0 Å². The number of nitrogens with zero attached hydrogens (tertiary/aromatic N) is 2. The van der Waals surface area contributed by atoms with Crippen LogP contribution in [0, 0.1) is 5.41 Å². The molecule has 1 aromatic rings. The smallest absolute Gasteiger partial charge is 0.243 e. The minimum absolute atomic E-state index is 0.0269. The number of aromatic nitrogens is 2. The molecule has 9 heteroatoms. The molecule has 0 saturated heterocycles. The van der Waals surface area contributed by atoms with Crippen LogP contribution in [0.5, 0.6) is 0 Å². The van der Waals surface area contributed by atoms with Crippen LogP contribution in [-0.4, -0.2) is 38.6 Å². The molecule has 0 aromatic carbocycles. The summed E-state index contributed by atoms with van der Waals surface area (Å²) in [6.45, 7) is 1.05. The molecule has 1 saturated carbocycles. The minimum atomic E-state index is -3.59. The summed E-state index contributed by atoms with van der Waals surface area (Å²) >= 11 is 0. The van der Waals surface area contributed by atoms with E-state index in [0.717, 1.165) is 19.3 Å². The normalized spacial score (nSPS) is 16.9. The van der Waals surface area contributed by atoms with Gasteiger partial charge in [-0.05, 0) is 24.7 Å². The van der Waals surface area contributed by atoms with E-state index in [1.165, 1.54) is 12.4 Å². The number of hydrogen-bond donors (Lipinski definition) is 3. The first-order valence-electron chi connectivity index (χ1n) is 6.29. The van der Waals surface area contributed by atoms with Gasteiger partial charge in [0.1, 0.15) is 4.90 Å². The van der Waals surface area contributed by atoms with Crippen molar-refractivity contribution in [1.29, 1.82) is 0 Å². The fourth-order valence-corrected chi connectivity index (χ4v) is 2.92. The summed E-state index contributed by atoms with van der Waals surface area (Å²) in [6, 6.07) is 0. The number of nitrogens with one attached hydrogen (secondary N) is 2. The van der Waals surface area contributed by atoms with E-state index in [9.17, 15) is 8.42 Å². The lowest BCUT2D eigenvalue weighted by molar-refractivity contribution is 0.173. The Balaban J connectivity index is 1.97. The van der Waals surface area contributed by atoms with Crippen LogP contribution in [0.25, 0.3) is 0 Å². The average Bonchev–Trinajstić information content (AvgIpc) is 3.24. The maximum atomic E-state index is 12.1. The lowest BCUT2D eigenvalue weighted by Crippen LogP contribution is -2.31. The number of nitrogen functional groups attached to an aromatic ring is 1. The minimum Gasteiger partial charge on any atom is -0.385 e. The molecule has 1 aromatic heterocycles. The monoisotopic (exact) mass is 301 g/mol. The number of methoxy groups -OCH3 is 1. The summed E-state index contributed by atoms with van der Waals surface area (Å²) in [7, 11) is -1.94. The van der Waals surface area contributed by atoms with Crippen molar-refractivity contribution < 1.29 is 13.2 Å². The Bertz CT molecular complexity index is 542. The van der Waals surface area contributed by atoms with Crippen LogP contribution in [0.2, 0.25) is 0 Å². The molecule has 0 spiro atoms. The third-order valence-electron chi connectivity index (χ3n) is 3.50. The molecule has 0 atom stereocenters. The standard InChI is InChI=1S/C11H19N5O3S/c1-19-5-4-11(2-3-11)8-15-20(17,18)9-6-13-10(16-12)14-7-9/h6-7,15H,2-5,8,12H2,1H3,(H,13,14,16). The van der Waals surface area contributed by atoms with Crippen LogP contribution < -0.4 is 16.0 Å². The summed E-state index contributed by atoms with van der Waals surface area (Å²) in [5.41, 5.74) is 2.29. The van der Waals surface area contributed by atoms with Crippen LogP contribution in [-0.2, 0) is 14.8 Å². The van der Waals surface area contributed by atoms with Crippen LogP contribution >= 0.6 is 0 Å². The Hall–Kier alpha value is -1.29. The van der Waals surface area contributed by atoms with Gasteiger partial charge in [-0.3, -0.25) is 5.43 Å². The second kappa shape index (κ2) is 6.00. The Morgan fingerprint density at radius 2 is 2.05 bits per heavy atom.